The fourth-order valence-corrected chi connectivity index (χ4v) is 1.05. The fraction of sp³-hybridized carbons (Fsp3) is 0.800. The minimum Gasteiger partial charge on any atom is -0.363 e. The van der Waals surface area contributed by atoms with Crippen molar-refractivity contribution in [2.45, 2.75) is 19.4 Å². The predicted molar refractivity (Wildman–Crippen MR) is 37.8 cm³/mol. The Kier molecular flexibility index (Phi) is 1.68. The van der Waals surface area contributed by atoms with Gasteiger partial charge in [0.25, 0.3) is 0 Å². The van der Waals surface area contributed by atoms with Crippen LogP contribution in [0.3, 0.4) is 0 Å². The van der Waals surface area contributed by atoms with Gasteiger partial charge in [-0.05, 0) is 25.6 Å². The van der Waals surface area contributed by atoms with Gasteiger partial charge in [-0.3, -0.25) is 0 Å². The molecular formula is C5H10N2S. The molecule has 0 radical (unpaired) electrons. The van der Waals surface area contributed by atoms with Crippen LogP contribution in [-0.4, -0.2) is 17.7 Å². The third-order valence-electron chi connectivity index (χ3n) is 1.24. The van der Waals surface area contributed by atoms with Gasteiger partial charge in [-0.15, -0.1) is 0 Å². The van der Waals surface area contributed by atoms with Crippen LogP contribution in [0, 0.1) is 0 Å². The smallest absolute Gasteiger partial charge is 0.166 e. The molecule has 1 atom stereocenters. The van der Waals surface area contributed by atoms with Crippen molar-refractivity contribution < 1.29 is 0 Å². The van der Waals surface area contributed by atoms with E-state index in [1.165, 1.54) is 6.42 Å². The molecule has 0 aliphatic carbocycles. The Bertz CT molecular complexity index is 103. The van der Waals surface area contributed by atoms with Crippen LogP contribution in [0.15, 0.2) is 0 Å². The normalized spacial score (nSPS) is 28.6. The van der Waals surface area contributed by atoms with Gasteiger partial charge in [0.05, 0.1) is 0 Å². The zero-order chi connectivity index (χ0) is 5.98. The Morgan fingerprint density at radius 1 is 1.75 bits per heavy atom. The minimum absolute atomic E-state index is 0.559. The Balaban J connectivity index is 2.34. The highest BCUT2D eigenvalue weighted by Gasteiger charge is 2.07. The number of thiocarbonyl (C=S) groups is 1. The van der Waals surface area contributed by atoms with Crippen molar-refractivity contribution in [3.05, 3.63) is 0 Å². The van der Waals surface area contributed by atoms with Gasteiger partial charge in [-0.2, -0.15) is 0 Å². The highest BCUT2D eigenvalue weighted by Crippen LogP contribution is 1.92. The number of hydrogen-bond acceptors (Lipinski definition) is 1. The molecule has 1 heterocycles. The average Bonchev–Trinajstić information content (AvgIpc) is 1.64. The van der Waals surface area contributed by atoms with E-state index >= 15 is 0 Å². The highest BCUT2D eigenvalue weighted by atomic mass is 32.1. The van der Waals surface area contributed by atoms with Crippen LogP contribution in [0.2, 0.25) is 0 Å². The van der Waals surface area contributed by atoms with Crippen molar-refractivity contribution >= 4 is 17.3 Å². The largest absolute Gasteiger partial charge is 0.363 e. The molecule has 0 spiro atoms. The summed E-state index contributed by atoms with van der Waals surface area (Å²) in [5.41, 5.74) is 0. The first-order valence-corrected chi connectivity index (χ1v) is 3.24. The van der Waals surface area contributed by atoms with E-state index in [-0.39, 0.29) is 0 Å². The monoisotopic (exact) mass is 130 g/mol. The second-order valence-corrected chi connectivity index (χ2v) is 2.50. The standard InChI is InChI=1S/C5H10N2S/c1-4-2-3-6-5(8)7-4/h4H,2-3H2,1H3,(H2,6,7,8)/t4-/m0/s1. The summed E-state index contributed by atoms with van der Waals surface area (Å²) in [6, 6.07) is 0.559. The molecule has 0 saturated carbocycles. The van der Waals surface area contributed by atoms with Gasteiger partial charge in [0.15, 0.2) is 5.11 Å². The van der Waals surface area contributed by atoms with Crippen LogP contribution in [0.5, 0.6) is 0 Å². The maximum Gasteiger partial charge on any atom is 0.166 e. The van der Waals surface area contributed by atoms with E-state index in [2.05, 4.69) is 17.6 Å². The van der Waals surface area contributed by atoms with E-state index in [0.29, 0.717) is 6.04 Å². The van der Waals surface area contributed by atoms with Crippen molar-refractivity contribution in [1.82, 2.24) is 10.6 Å². The van der Waals surface area contributed by atoms with Crippen LogP contribution >= 0.6 is 12.2 Å². The van der Waals surface area contributed by atoms with E-state index in [0.717, 1.165) is 11.7 Å². The molecule has 1 fully saturated rings. The quantitative estimate of drug-likeness (QED) is 0.459. The number of hydrogen-bond donors (Lipinski definition) is 2. The summed E-state index contributed by atoms with van der Waals surface area (Å²) in [5, 5.41) is 6.93. The summed E-state index contributed by atoms with van der Waals surface area (Å²) in [4.78, 5) is 0. The average molecular weight is 130 g/mol. The zero-order valence-corrected chi connectivity index (χ0v) is 5.72. The lowest BCUT2D eigenvalue weighted by Crippen LogP contribution is -2.47. The molecule has 8 heavy (non-hydrogen) atoms. The molecule has 0 aromatic rings. The second kappa shape index (κ2) is 2.31. The van der Waals surface area contributed by atoms with Crippen LogP contribution < -0.4 is 10.6 Å². The summed E-state index contributed by atoms with van der Waals surface area (Å²) in [6.07, 6.45) is 1.17. The van der Waals surface area contributed by atoms with Crippen LogP contribution in [0.4, 0.5) is 0 Å². The van der Waals surface area contributed by atoms with E-state index in [4.69, 9.17) is 12.2 Å². The molecule has 3 heteroatoms. The Morgan fingerprint density at radius 2 is 2.50 bits per heavy atom. The molecule has 0 aromatic carbocycles. The molecule has 1 aliphatic rings. The van der Waals surface area contributed by atoms with E-state index < -0.39 is 0 Å². The summed E-state index contributed by atoms with van der Waals surface area (Å²) in [6.45, 7) is 3.15. The molecule has 0 unspecified atom stereocenters. The SMILES string of the molecule is C[C@H]1CCNC(=S)N1. The second-order valence-electron chi connectivity index (χ2n) is 2.09. The van der Waals surface area contributed by atoms with Crippen LogP contribution in [0.1, 0.15) is 13.3 Å². The first kappa shape index (κ1) is 5.82. The molecule has 0 amide bonds. The molecule has 46 valence electrons. The number of nitrogens with one attached hydrogen (secondary N) is 2. The van der Waals surface area contributed by atoms with Gasteiger partial charge in [-0.25, -0.2) is 0 Å². The molecule has 2 nitrogen and oxygen atoms in total. The summed E-state index contributed by atoms with van der Waals surface area (Å²) in [7, 11) is 0. The summed E-state index contributed by atoms with van der Waals surface area (Å²) in [5.74, 6) is 0. The minimum atomic E-state index is 0.559. The van der Waals surface area contributed by atoms with Crippen molar-refractivity contribution in [1.29, 1.82) is 0 Å². The molecular weight excluding hydrogens is 120 g/mol. The van der Waals surface area contributed by atoms with Crippen molar-refractivity contribution in [2.75, 3.05) is 6.54 Å². The highest BCUT2D eigenvalue weighted by molar-refractivity contribution is 7.80. The first-order valence-electron chi connectivity index (χ1n) is 2.83. The first-order chi connectivity index (χ1) is 3.79. The molecule has 0 bridgehead atoms. The van der Waals surface area contributed by atoms with Gasteiger partial charge in [0.1, 0.15) is 0 Å². The van der Waals surface area contributed by atoms with Crippen molar-refractivity contribution in [2.24, 2.45) is 0 Å². The van der Waals surface area contributed by atoms with Gasteiger partial charge >= 0.3 is 0 Å². The lowest BCUT2D eigenvalue weighted by molar-refractivity contribution is 0.552. The van der Waals surface area contributed by atoms with Crippen molar-refractivity contribution in [3.63, 3.8) is 0 Å². The molecule has 2 N–H and O–H groups in total. The molecule has 1 aliphatic heterocycles. The Labute approximate surface area is 54.7 Å². The Morgan fingerprint density at radius 3 is 2.88 bits per heavy atom. The van der Waals surface area contributed by atoms with E-state index in [1.54, 1.807) is 0 Å². The van der Waals surface area contributed by atoms with Gasteiger partial charge < -0.3 is 10.6 Å². The van der Waals surface area contributed by atoms with Crippen molar-refractivity contribution in [3.8, 4) is 0 Å². The lowest BCUT2D eigenvalue weighted by atomic mass is 10.2. The van der Waals surface area contributed by atoms with E-state index in [9.17, 15) is 0 Å². The fourth-order valence-electron chi connectivity index (χ4n) is 0.749. The number of rotatable bonds is 0. The van der Waals surface area contributed by atoms with Gasteiger partial charge in [0.2, 0.25) is 0 Å². The van der Waals surface area contributed by atoms with Gasteiger partial charge in [0, 0.05) is 12.6 Å². The van der Waals surface area contributed by atoms with Crippen LogP contribution in [-0.2, 0) is 0 Å². The van der Waals surface area contributed by atoms with Gasteiger partial charge in [-0.1, -0.05) is 0 Å². The zero-order valence-electron chi connectivity index (χ0n) is 4.90. The predicted octanol–water partition coefficient (Wildman–Crippen LogP) is 0.243. The topological polar surface area (TPSA) is 24.1 Å². The molecule has 0 aromatic heterocycles. The molecule has 1 saturated heterocycles. The third-order valence-corrected chi connectivity index (χ3v) is 1.50. The molecule has 1 rings (SSSR count). The summed E-state index contributed by atoms with van der Waals surface area (Å²) < 4.78 is 0. The maximum absolute atomic E-state index is 4.86. The summed E-state index contributed by atoms with van der Waals surface area (Å²) >= 11 is 4.86. The van der Waals surface area contributed by atoms with E-state index in [1.807, 2.05) is 0 Å². The van der Waals surface area contributed by atoms with Crippen LogP contribution in [0.25, 0.3) is 0 Å². The third kappa shape index (κ3) is 1.33. The maximum atomic E-state index is 4.86. The lowest BCUT2D eigenvalue weighted by Gasteiger charge is -2.22. The Hall–Kier alpha value is -0.310.